The van der Waals surface area contributed by atoms with Crippen LogP contribution >= 0.6 is 0 Å². The van der Waals surface area contributed by atoms with Gasteiger partial charge < -0.3 is 5.73 Å². The molecule has 2 N–H and O–H groups in total. The average molecular weight is 209 g/mol. The van der Waals surface area contributed by atoms with E-state index in [1.165, 1.54) is 16.3 Å². The molecule has 0 amide bonds. The van der Waals surface area contributed by atoms with E-state index in [0.717, 1.165) is 6.42 Å². The topological polar surface area (TPSA) is 26.0 Å². The predicted octanol–water partition coefficient (Wildman–Crippen LogP) is 2.73. The Morgan fingerprint density at radius 1 is 1.12 bits per heavy atom. The Hall–Kier alpha value is -1.78. The smallest absolute Gasteiger partial charge is 0.0241 e. The zero-order valence-electron chi connectivity index (χ0n) is 9.19. The lowest BCUT2D eigenvalue weighted by Gasteiger charge is -2.08. The first kappa shape index (κ1) is 10.7. The molecule has 16 heavy (non-hydrogen) atoms. The van der Waals surface area contributed by atoms with Gasteiger partial charge in [-0.1, -0.05) is 42.5 Å². The van der Waals surface area contributed by atoms with Crippen LogP contribution in [0.4, 0.5) is 0 Å². The van der Waals surface area contributed by atoms with Crippen LogP contribution in [0.1, 0.15) is 12.0 Å². The summed E-state index contributed by atoms with van der Waals surface area (Å²) in [5.74, 6) is 2.60. The van der Waals surface area contributed by atoms with Gasteiger partial charge in [-0.05, 0) is 22.8 Å². The third-order valence-corrected chi connectivity index (χ3v) is 2.69. The molecule has 0 aliphatic carbocycles. The Balaban J connectivity index is 2.23. The minimum absolute atomic E-state index is 0.0613. The van der Waals surface area contributed by atoms with Crippen LogP contribution in [0.3, 0.4) is 0 Å². The van der Waals surface area contributed by atoms with E-state index >= 15 is 0 Å². The van der Waals surface area contributed by atoms with Crippen LogP contribution in [0.25, 0.3) is 10.8 Å². The van der Waals surface area contributed by atoms with Gasteiger partial charge in [-0.15, -0.1) is 12.3 Å². The van der Waals surface area contributed by atoms with Crippen LogP contribution in [0, 0.1) is 12.3 Å². The van der Waals surface area contributed by atoms with Gasteiger partial charge in [0, 0.05) is 12.5 Å². The molecule has 0 saturated heterocycles. The number of terminal acetylenes is 1. The summed E-state index contributed by atoms with van der Waals surface area (Å²) in [4.78, 5) is 0. The highest BCUT2D eigenvalue weighted by atomic mass is 14.6. The summed E-state index contributed by atoms with van der Waals surface area (Å²) in [6.45, 7) is 0. The molecule has 1 nitrogen and oxygen atoms in total. The van der Waals surface area contributed by atoms with Crippen LogP contribution < -0.4 is 5.73 Å². The second-order valence-electron chi connectivity index (χ2n) is 4.05. The first-order chi connectivity index (χ1) is 7.79. The lowest BCUT2D eigenvalue weighted by molar-refractivity contribution is 0.690. The maximum absolute atomic E-state index is 5.92. The van der Waals surface area contributed by atoms with E-state index in [4.69, 9.17) is 12.2 Å². The van der Waals surface area contributed by atoms with Gasteiger partial charge in [0.2, 0.25) is 0 Å². The normalized spacial score (nSPS) is 12.2. The number of benzene rings is 2. The molecule has 0 aromatic heterocycles. The van der Waals surface area contributed by atoms with E-state index in [9.17, 15) is 0 Å². The highest BCUT2D eigenvalue weighted by Gasteiger charge is 2.02. The van der Waals surface area contributed by atoms with Crippen molar-refractivity contribution in [1.29, 1.82) is 0 Å². The van der Waals surface area contributed by atoms with Gasteiger partial charge in [0.25, 0.3) is 0 Å². The monoisotopic (exact) mass is 209 g/mol. The van der Waals surface area contributed by atoms with Crippen LogP contribution in [-0.2, 0) is 6.42 Å². The fourth-order valence-electron chi connectivity index (χ4n) is 1.89. The third-order valence-electron chi connectivity index (χ3n) is 2.69. The highest BCUT2D eigenvalue weighted by molar-refractivity contribution is 5.82. The average Bonchev–Trinajstić information content (AvgIpc) is 2.29. The first-order valence-electron chi connectivity index (χ1n) is 5.46. The lowest BCUT2D eigenvalue weighted by atomic mass is 10.0. The molecule has 1 unspecified atom stereocenters. The van der Waals surface area contributed by atoms with Crippen molar-refractivity contribution in [2.24, 2.45) is 5.73 Å². The molecule has 1 heteroatoms. The van der Waals surface area contributed by atoms with Crippen molar-refractivity contribution in [2.75, 3.05) is 0 Å². The molecule has 0 heterocycles. The summed E-state index contributed by atoms with van der Waals surface area (Å²) in [7, 11) is 0. The van der Waals surface area contributed by atoms with Crippen molar-refractivity contribution in [1.82, 2.24) is 0 Å². The van der Waals surface area contributed by atoms with E-state index in [1.54, 1.807) is 0 Å². The molecule has 2 aromatic carbocycles. The molecule has 0 spiro atoms. The number of rotatable bonds is 3. The standard InChI is InChI=1S/C15H15N/c1-2-5-15(16)11-12-8-9-13-6-3-4-7-14(13)10-12/h1,3-4,6-10,15H,5,11,16H2. The fraction of sp³-hybridized carbons (Fsp3) is 0.200. The zero-order chi connectivity index (χ0) is 11.4. The molecule has 80 valence electrons. The summed E-state index contributed by atoms with van der Waals surface area (Å²) in [5.41, 5.74) is 7.17. The molecular weight excluding hydrogens is 194 g/mol. The van der Waals surface area contributed by atoms with Gasteiger partial charge >= 0.3 is 0 Å². The van der Waals surface area contributed by atoms with Crippen molar-refractivity contribution in [3.8, 4) is 12.3 Å². The Kier molecular flexibility index (Phi) is 3.24. The Labute approximate surface area is 96.3 Å². The van der Waals surface area contributed by atoms with Crippen molar-refractivity contribution in [3.05, 3.63) is 48.0 Å². The number of hydrogen-bond acceptors (Lipinski definition) is 1. The fourth-order valence-corrected chi connectivity index (χ4v) is 1.89. The van der Waals surface area contributed by atoms with Crippen molar-refractivity contribution < 1.29 is 0 Å². The molecule has 2 rings (SSSR count). The van der Waals surface area contributed by atoms with Crippen LogP contribution in [0.15, 0.2) is 42.5 Å². The first-order valence-corrected chi connectivity index (χ1v) is 5.46. The van der Waals surface area contributed by atoms with E-state index < -0.39 is 0 Å². The van der Waals surface area contributed by atoms with E-state index in [-0.39, 0.29) is 6.04 Å². The summed E-state index contributed by atoms with van der Waals surface area (Å²) in [5, 5.41) is 2.52. The second kappa shape index (κ2) is 4.83. The van der Waals surface area contributed by atoms with Crippen LogP contribution in [0.5, 0.6) is 0 Å². The van der Waals surface area contributed by atoms with E-state index in [2.05, 4.69) is 36.3 Å². The third kappa shape index (κ3) is 2.42. The summed E-state index contributed by atoms with van der Waals surface area (Å²) >= 11 is 0. The van der Waals surface area contributed by atoms with Gasteiger partial charge in [-0.2, -0.15) is 0 Å². The van der Waals surface area contributed by atoms with E-state index in [0.29, 0.717) is 6.42 Å². The second-order valence-corrected chi connectivity index (χ2v) is 4.05. The number of hydrogen-bond donors (Lipinski definition) is 1. The predicted molar refractivity (Wildman–Crippen MR) is 69.1 cm³/mol. The minimum Gasteiger partial charge on any atom is -0.327 e. The number of fused-ring (bicyclic) bond motifs is 1. The largest absolute Gasteiger partial charge is 0.327 e. The molecule has 0 bridgehead atoms. The van der Waals surface area contributed by atoms with Gasteiger partial charge in [0.1, 0.15) is 0 Å². The SMILES string of the molecule is C#CCC(N)Cc1ccc2ccccc2c1. The summed E-state index contributed by atoms with van der Waals surface area (Å²) in [6.07, 6.45) is 6.72. The molecular formula is C15H15N. The Morgan fingerprint density at radius 3 is 2.62 bits per heavy atom. The number of nitrogens with two attached hydrogens (primary N) is 1. The molecule has 2 aromatic rings. The van der Waals surface area contributed by atoms with Crippen molar-refractivity contribution in [3.63, 3.8) is 0 Å². The van der Waals surface area contributed by atoms with Crippen molar-refractivity contribution >= 4 is 10.8 Å². The summed E-state index contributed by atoms with van der Waals surface area (Å²) in [6, 6.07) is 14.8. The molecule has 1 atom stereocenters. The molecule has 0 fully saturated rings. The van der Waals surface area contributed by atoms with Crippen molar-refractivity contribution in [2.45, 2.75) is 18.9 Å². The van der Waals surface area contributed by atoms with Gasteiger partial charge in [0.15, 0.2) is 0 Å². The van der Waals surface area contributed by atoms with Crippen LogP contribution in [-0.4, -0.2) is 6.04 Å². The van der Waals surface area contributed by atoms with Gasteiger partial charge in [-0.25, -0.2) is 0 Å². The molecule has 0 saturated carbocycles. The zero-order valence-corrected chi connectivity index (χ0v) is 9.19. The maximum Gasteiger partial charge on any atom is 0.0241 e. The molecule has 0 radical (unpaired) electrons. The minimum atomic E-state index is 0.0613. The van der Waals surface area contributed by atoms with Gasteiger partial charge in [0.05, 0.1) is 0 Å². The van der Waals surface area contributed by atoms with Gasteiger partial charge in [-0.3, -0.25) is 0 Å². The molecule has 0 aliphatic heterocycles. The van der Waals surface area contributed by atoms with E-state index in [1.807, 2.05) is 12.1 Å². The quantitative estimate of drug-likeness (QED) is 0.773. The maximum atomic E-state index is 5.92. The van der Waals surface area contributed by atoms with Crippen LogP contribution in [0.2, 0.25) is 0 Å². The molecule has 0 aliphatic rings. The highest BCUT2D eigenvalue weighted by Crippen LogP contribution is 2.16. The lowest BCUT2D eigenvalue weighted by Crippen LogP contribution is -2.21. The summed E-state index contributed by atoms with van der Waals surface area (Å²) < 4.78 is 0. The Bertz CT molecular complexity index is 522. The Morgan fingerprint density at radius 2 is 1.88 bits per heavy atom.